The summed E-state index contributed by atoms with van der Waals surface area (Å²) < 4.78 is 5.68. The zero-order chi connectivity index (χ0) is 23.7. The van der Waals surface area contributed by atoms with E-state index in [2.05, 4.69) is 6.58 Å². The van der Waals surface area contributed by atoms with Crippen LogP contribution in [-0.4, -0.2) is 28.5 Å². The molecule has 1 saturated heterocycles. The Morgan fingerprint density at radius 1 is 0.941 bits per heavy atom. The van der Waals surface area contributed by atoms with Crippen molar-refractivity contribution in [1.29, 1.82) is 0 Å². The third-order valence-corrected chi connectivity index (χ3v) is 6.61. The molecule has 0 unspecified atom stereocenters. The standard InChI is InChI=1S/C29H26N2O3/c1-3-34-28(33)29(20-22-12-6-4-7-13-22)21(2)31(27(32)24-15-8-5-9-16-24)30-19-18-23-14-10-11-17-25(23)26(29)30/h4-19,26H,2-3,20H2,1H3/t26-,29-/m0/s1. The van der Waals surface area contributed by atoms with Gasteiger partial charge in [-0.2, -0.15) is 0 Å². The normalized spacial score (nSPS) is 20.6. The molecule has 0 aromatic heterocycles. The molecule has 1 amide bonds. The van der Waals surface area contributed by atoms with E-state index in [-0.39, 0.29) is 18.5 Å². The maximum absolute atomic E-state index is 13.9. The average molecular weight is 451 g/mol. The molecule has 3 aromatic carbocycles. The highest BCUT2D eigenvalue weighted by Crippen LogP contribution is 2.57. The highest BCUT2D eigenvalue weighted by Gasteiger charge is 2.62. The fourth-order valence-electron chi connectivity index (χ4n) is 5.06. The van der Waals surface area contributed by atoms with Gasteiger partial charge in [-0.25, -0.2) is 5.01 Å². The first-order chi connectivity index (χ1) is 16.6. The summed E-state index contributed by atoms with van der Waals surface area (Å²) in [7, 11) is 0. The number of nitrogens with zero attached hydrogens (tertiary/aromatic N) is 2. The van der Waals surface area contributed by atoms with Crippen molar-refractivity contribution in [2.75, 3.05) is 6.61 Å². The van der Waals surface area contributed by atoms with Crippen LogP contribution in [0.15, 0.2) is 103 Å². The molecule has 1 fully saturated rings. The van der Waals surface area contributed by atoms with Crippen LogP contribution in [0.3, 0.4) is 0 Å². The third kappa shape index (κ3) is 3.32. The Hall–Kier alpha value is -4.12. The van der Waals surface area contributed by atoms with Crippen LogP contribution in [0.4, 0.5) is 0 Å². The van der Waals surface area contributed by atoms with E-state index >= 15 is 0 Å². The van der Waals surface area contributed by atoms with Gasteiger partial charge < -0.3 is 4.74 Å². The second kappa shape index (κ2) is 8.67. The summed E-state index contributed by atoms with van der Waals surface area (Å²) in [6.45, 7) is 6.39. The van der Waals surface area contributed by atoms with Crippen LogP contribution in [0.1, 0.15) is 40.0 Å². The minimum atomic E-state index is -1.19. The van der Waals surface area contributed by atoms with Crippen LogP contribution in [-0.2, 0) is 16.0 Å². The maximum atomic E-state index is 13.9. The molecule has 0 radical (unpaired) electrons. The first kappa shape index (κ1) is 21.7. The van der Waals surface area contributed by atoms with Gasteiger partial charge in [-0.15, -0.1) is 0 Å². The lowest BCUT2D eigenvalue weighted by atomic mass is 9.70. The van der Waals surface area contributed by atoms with E-state index in [1.165, 1.54) is 0 Å². The Kier molecular flexibility index (Phi) is 5.54. The fourth-order valence-corrected chi connectivity index (χ4v) is 5.06. The number of benzene rings is 3. The molecule has 2 aliphatic rings. The van der Waals surface area contributed by atoms with Crippen LogP contribution in [0.25, 0.3) is 6.08 Å². The van der Waals surface area contributed by atoms with Gasteiger partial charge in [0.2, 0.25) is 0 Å². The number of carbonyl (C=O) groups is 2. The number of esters is 1. The molecule has 0 aliphatic carbocycles. The third-order valence-electron chi connectivity index (χ3n) is 6.61. The molecule has 170 valence electrons. The van der Waals surface area contributed by atoms with E-state index < -0.39 is 11.5 Å². The van der Waals surface area contributed by atoms with Crippen molar-refractivity contribution in [3.05, 3.63) is 126 Å². The molecule has 0 bridgehead atoms. The Morgan fingerprint density at radius 2 is 1.59 bits per heavy atom. The highest BCUT2D eigenvalue weighted by atomic mass is 16.5. The Labute approximate surface area is 199 Å². The second-order valence-electron chi connectivity index (χ2n) is 8.51. The van der Waals surface area contributed by atoms with Crippen molar-refractivity contribution in [2.45, 2.75) is 19.4 Å². The number of rotatable bonds is 5. The fraction of sp³-hybridized carbons (Fsp3) is 0.172. The van der Waals surface area contributed by atoms with E-state index in [1.807, 2.05) is 90.1 Å². The van der Waals surface area contributed by atoms with Crippen molar-refractivity contribution in [2.24, 2.45) is 5.41 Å². The Morgan fingerprint density at radius 3 is 2.29 bits per heavy atom. The van der Waals surface area contributed by atoms with Gasteiger partial charge in [0.15, 0.2) is 0 Å². The summed E-state index contributed by atoms with van der Waals surface area (Å²) in [6, 6.07) is 26.4. The van der Waals surface area contributed by atoms with Crippen molar-refractivity contribution in [3.63, 3.8) is 0 Å². The molecule has 5 rings (SSSR count). The smallest absolute Gasteiger partial charge is 0.321 e. The molecule has 2 heterocycles. The number of ether oxygens (including phenoxy) is 1. The molecule has 5 nitrogen and oxygen atoms in total. The number of fused-ring (bicyclic) bond motifs is 3. The number of hydrogen-bond acceptors (Lipinski definition) is 4. The molecular formula is C29H26N2O3. The topological polar surface area (TPSA) is 49.9 Å². The summed E-state index contributed by atoms with van der Waals surface area (Å²) in [5, 5.41) is 3.40. The second-order valence-corrected chi connectivity index (χ2v) is 8.51. The molecular weight excluding hydrogens is 424 g/mol. The van der Waals surface area contributed by atoms with Crippen molar-refractivity contribution in [3.8, 4) is 0 Å². The molecule has 34 heavy (non-hydrogen) atoms. The van der Waals surface area contributed by atoms with Crippen molar-refractivity contribution in [1.82, 2.24) is 10.0 Å². The van der Waals surface area contributed by atoms with Gasteiger partial charge in [0.05, 0.1) is 18.3 Å². The van der Waals surface area contributed by atoms with Crippen molar-refractivity contribution >= 4 is 18.0 Å². The number of hydrazine groups is 1. The predicted molar refractivity (Wildman–Crippen MR) is 131 cm³/mol. The minimum absolute atomic E-state index is 0.236. The van der Waals surface area contributed by atoms with Gasteiger partial charge in [-0.05, 0) is 48.2 Å². The van der Waals surface area contributed by atoms with Crippen LogP contribution < -0.4 is 0 Å². The molecule has 2 atom stereocenters. The zero-order valence-corrected chi connectivity index (χ0v) is 19.1. The van der Waals surface area contributed by atoms with Crippen LogP contribution in [0.2, 0.25) is 0 Å². The summed E-state index contributed by atoms with van der Waals surface area (Å²) in [4.78, 5) is 27.7. The Balaban J connectivity index is 1.73. The van der Waals surface area contributed by atoms with Crippen LogP contribution in [0.5, 0.6) is 0 Å². The maximum Gasteiger partial charge on any atom is 0.321 e. The highest BCUT2D eigenvalue weighted by molar-refractivity contribution is 5.97. The molecule has 3 aromatic rings. The van der Waals surface area contributed by atoms with Gasteiger partial charge in [0.1, 0.15) is 5.41 Å². The zero-order valence-electron chi connectivity index (χ0n) is 19.1. The van der Waals surface area contributed by atoms with E-state index in [0.29, 0.717) is 17.7 Å². The average Bonchev–Trinajstić information content (AvgIpc) is 3.13. The SMILES string of the molecule is C=C1N(C(=O)c2ccccc2)N2C=Cc3ccccc3[C@H]2[C@@]1(Cc1ccccc1)C(=O)OCC. The molecule has 2 aliphatic heterocycles. The minimum Gasteiger partial charge on any atom is -0.465 e. The summed E-state index contributed by atoms with van der Waals surface area (Å²) in [5.41, 5.74) is 2.68. The van der Waals surface area contributed by atoms with Gasteiger partial charge in [-0.3, -0.25) is 14.6 Å². The quantitative estimate of drug-likeness (QED) is 0.489. The van der Waals surface area contributed by atoms with Gasteiger partial charge in [0, 0.05) is 11.8 Å². The number of hydrogen-bond donors (Lipinski definition) is 0. The van der Waals surface area contributed by atoms with Crippen LogP contribution in [0, 0.1) is 5.41 Å². The monoisotopic (exact) mass is 450 g/mol. The molecule has 0 saturated carbocycles. The molecule has 5 heteroatoms. The first-order valence-corrected chi connectivity index (χ1v) is 11.4. The van der Waals surface area contributed by atoms with Crippen molar-refractivity contribution < 1.29 is 14.3 Å². The van der Waals surface area contributed by atoms with E-state index in [0.717, 1.165) is 16.7 Å². The summed E-state index contributed by atoms with van der Waals surface area (Å²) in [5.74, 6) is -0.619. The van der Waals surface area contributed by atoms with Gasteiger partial charge in [-0.1, -0.05) is 79.4 Å². The largest absolute Gasteiger partial charge is 0.465 e. The van der Waals surface area contributed by atoms with Gasteiger partial charge in [0.25, 0.3) is 5.91 Å². The first-order valence-electron chi connectivity index (χ1n) is 11.4. The summed E-state index contributed by atoms with van der Waals surface area (Å²) in [6.07, 6.45) is 4.19. The molecule has 0 spiro atoms. The Bertz CT molecular complexity index is 1270. The predicted octanol–water partition coefficient (Wildman–Crippen LogP) is 5.39. The lowest BCUT2D eigenvalue weighted by Crippen LogP contribution is -2.42. The van der Waals surface area contributed by atoms with E-state index in [1.54, 1.807) is 24.1 Å². The van der Waals surface area contributed by atoms with E-state index in [4.69, 9.17) is 4.74 Å². The van der Waals surface area contributed by atoms with Crippen LogP contribution >= 0.6 is 0 Å². The van der Waals surface area contributed by atoms with E-state index in [9.17, 15) is 9.59 Å². The number of amides is 1. The lowest BCUT2D eigenvalue weighted by molar-refractivity contribution is -0.154. The number of carbonyl (C=O) groups excluding carboxylic acids is 2. The molecule has 0 N–H and O–H groups in total. The van der Waals surface area contributed by atoms with Gasteiger partial charge >= 0.3 is 5.97 Å². The lowest BCUT2D eigenvalue weighted by Gasteiger charge is -2.37. The summed E-state index contributed by atoms with van der Waals surface area (Å²) >= 11 is 0.